The Morgan fingerprint density at radius 3 is 2.45 bits per heavy atom. The van der Waals surface area contributed by atoms with Gasteiger partial charge in [0.25, 0.3) is 17.1 Å². The number of imide groups is 1. The molecule has 3 amide bonds. The number of rotatable bonds is 8. The van der Waals surface area contributed by atoms with Crippen molar-refractivity contribution in [2.24, 2.45) is 0 Å². The van der Waals surface area contributed by atoms with E-state index in [1.54, 1.807) is 0 Å². The van der Waals surface area contributed by atoms with Crippen LogP contribution in [-0.2, 0) is 4.79 Å². The van der Waals surface area contributed by atoms with Crippen molar-refractivity contribution < 1.29 is 41.4 Å². The van der Waals surface area contributed by atoms with Crippen molar-refractivity contribution in [2.75, 3.05) is 20.2 Å². The number of hydrogen-bond acceptors (Lipinski definition) is 6. The number of halogens is 4. The topological polar surface area (TPSA) is 84.9 Å². The van der Waals surface area contributed by atoms with Gasteiger partial charge in [0.05, 0.1) is 12.0 Å². The average molecular weight is 484 g/mol. The first-order chi connectivity index (χ1) is 15.7. The van der Waals surface area contributed by atoms with Gasteiger partial charge in [0.1, 0.15) is 11.6 Å². The fourth-order valence-electron chi connectivity index (χ4n) is 2.88. The van der Waals surface area contributed by atoms with Crippen LogP contribution < -0.4 is 14.8 Å². The lowest BCUT2D eigenvalue weighted by Gasteiger charge is -2.13. The number of benzene rings is 2. The highest BCUT2D eigenvalue weighted by molar-refractivity contribution is 8.18. The lowest BCUT2D eigenvalue weighted by Crippen LogP contribution is -2.37. The highest BCUT2D eigenvalue weighted by Crippen LogP contribution is 2.34. The first-order valence-corrected chi connectivity index (χ1v) is 10.1. The number of nitrogens with zero attached hydrogens (tertiary/aromatic N) is 1. The summed E-state index contributed by atoms with van der Waals surface area (Å²) in [5.41, 5.74) is 0.162. The van der Waals surface area contributed by atoms with Crippen LogP contribution in [0.1, 0.15) is 15.9 Å². The predicted molar refractivity (Wildman–Crippen MR) is 111 cm³/mol. The number of methoxy groups -OCH3 is 1. The standard InChI is InChI=1S/C21H16F4N2O5S/c1-31-16-6-11(2-3-15(16)32-20(24)25)7-17-19(29)27(21(30)33-17)5-4-26-18(28)12-8-13(22)10-14(23)9-12/h2-3,6-10,20H,4-5H2,1H3,(H,26,28)/b17-7-. The number of nitrogens with one attached hydrogen (secondary N) is 1. The first kappa shape index (κ1) is 24.1. The maximum absolute atomic E-state index is 13.2. The number of hydrogen-bond donors (Lipinski definition) is 1. The van der Waals surface area contributed by atoms with Crippen LogP contribution in [0.4, 0.5) is 22.4 Å². The molecule has 0 saturated carbocycles. The smallest absolute Gasteiger partial charge is 0.387 e. The van der Waals surface area contributed by atoms with Gasteiger partial charge < -0.3 is 14.8 Å². The zero-order valence-electron chi connectivity index (χ0n) is 16.9. The molecular weight excluding hydrogens is 468 g/mol. The summed E-state index contributed by atoms with van der Waals surface area (Å²) in [7, 11) is 1.26. The second kappa shape index (κ2) is 10.4. The van der Waals surface area contributed by atoms with Crippen LogP contribution >= 0.6 is 11.8 Å². The third kappa shape index (κ3) is 6.04. The van der Waals surface area contributed by atoms with Gasteiger partial charge >= 0.3 is 6.61 Å². The summed E-state index contributed by atoms with van der Waals surface area (Å²) in [5.74, 6) is -3.40. The van der Waals surface area contributed by atoms with Gasteiger partial charge in [-0.2, -0.15) is 8.78 Å². The highest BCUT2D eigenvalue weighted by Gasteiger charge is 2.34. The van der Waals surface area contributed by atoms with Gasteiger partial charge in [0.2, 0.25) is 0 Å². The van der Waals surface area contributed by atoms with Gasteiger partial charge in [-0.25, -0.2) is 8.78 Å². The Morgan fingerprint density at radius 1 is 1.12 bits per heavy atom. The molecule has 1 aliphatic rings. The Labute approximate surface area is 189 Å². The monoisotopic (exact) mass is 484 g/mol. The number of amides is 3. The largest absolute Gasteiger partial charge is 0.493 e. The maximum atomic E-state index is 13.2. The summed E-state index contributed by atoms with van der Waals surface area (Å²) in [6.45, 7) is -3.35. The molecule has 33 heavy (non-hydrogen) atoms. The highest BCUT2D eigenvalue weighted by atomic mass is 32.2. The van der Waals surface area contributed by atoms with Crippen molar-refractivity contribution in [1.82, 2.24) is 10.2 Å². The molecule has 0 aromatic heterocycles. The normalized spacial score (nSPS) is 14.8. The van der Waals surface area contributed by atoms with Gasteiger partial charge in [0.15, 0.2) is 11.5 Å². The summed E-state index contributed by atoms with van der Waals surface area (Å²) in [6.07, 6.45) is 1.38. The minimum absolute atomic E-state index is 0.0137. The van der Waals surface area contributed by atoms with Crippen LogP contribution in [0, 0.1) is 11.6 Å². The quantitative estimate of drug-likeness (QED) is 0.450. The number of thioether (sulfide) groups is 1. The van der Waals surface area contributed by atoms with Crippen LogP contribution in [0.5, 0.6) is 11.5 Å². The third-order valence-electron chi connectivity index (χ3n) is 4.32. The molecule has 0 atom stereocenters. The molecular formula is C21H16F4N2O5S. The molecule has 2 aromatic rings. The fourth-order valence-corrected chi connectivity index (χ4v) is 3.74. The second-order valence-corrected chi connectivity index (χ2v) is 7.53. The van der Waals surface area contributed by atoms with Crippen LogP contribution in [0.2, 0.25) is 0 Å². The Morgan fingerprint density at radius 2 is 1.82 bits per heavy atom. The van der Waals surface area contributed by atoms with Gasteiger partial charge in [-0.15, -0.1) is 0 Å². The second-order valence-electron chi connectivity index (χ2n) is 6.54. The SMILES string of the molecule is COc1cc(/C=C2\SC(=O)N(CCNC(=O)c3cc(F)cc(F)c3)C2=O)ccc1OC(F)F. The van der Waals surface area contributed by atoms with Crippen LogP contribution in [0.15, 0.2) is 41.3 Å². The van der Waals surface area contributed by atoms with Crippen molar-refractivity contribution in [1.29, 1.82) is 0 Å². The van der Waals surface area contributed by atoms with E-state index in [4.69, 9.17) is 4.74 Å². The summed E-state index contributed by atoms with van der Waals surface area (Å²) in [4.78, 5) is 37.8. The van der Waals surface area contributed by atoms with E-state index < -0.39 is 35.3 Å². The van der Waals surface area contributed by atoms with Crippen molar-refractivity contribution in [3.63, 3.8) is 0 Å². The van der Waals surface area contributed by atoms with Gasteiger partial charge in [-0.05, 0) is 47.7 Å². The molecule has 2 aromatic carbocycles. The molecule has 0 bridgehead atoms. The van der Waals surface area contributed by atoms with E-state index >= 15 is 0 Å². The molecule has 0 aliphatic carbocycles. The van der Waals surface area contributed by atoms with Gasteiger partial charge in [-0.3, -0.25) is 19.3 Å². The summed E-state index contributed by atoms with van der Waals surface area (Å²) in [6, 6.07) is 6.35. The Kier molecular flexibility index (Phi) is 7.59. The van der Waals surface area contributed by atoms with Gasteiger partial charge in [-0.1, -0.05) is 6.07 Å². The molecule has 1 fully saturated rings. The predicted octanol–water partition coefficient (Wildman–Crippen LogP) is 4.04. The molecule has 1 aliphatic heterocycles. The van der Waals surface area contributed by atoms with Crippen molar-refractivity contribution in [2.45, 2.75) is 6.61 Å². The minimum atomic E-state index is -3.04. The van der Waals surface area contributed by atoms with E-state index in [1.165, 1.54) is 31.4 Å². The zero-order chi connectivity index (χ0) is 24.1. The molecule has 1 heterocycles. The van der Waals surface area contributed by atoms with E-state index in [2.05, 4.69) is 10.1 Å². The number of alkyl halides is 2. The molecule has 1 saturated heterocycles. The van der Waals surface area contributed by atoms with E-state index in [0.717, 1.165) is 17.0 Å². The Hall–Kier alpha value is -3.54. The van der Waals surface area contributed by atoms with Crippen molar-refractivity contribution in [3.8, 4) is 11.5 Å². The summed E-state index contributed by atoms with van der Waals surface area (Å²) < 4.78 is 60.7. The first-order valence-electron chi connectivity index (χ1n) is 9.30. The average Bonchev–Trinajstić information content (AvgIpc) is 3.00. The van der Waals surface area contributed by atoms with E-state index in [-0.39, 0.29) is 35.1 Å². The number of ether oxygens (including phenoxy) is 2. The number of carbonyl (C=O) groups excluding carboxylic acids is 3. The molecule has 0 radical (unpaired) electrons. The molecule has 0 spiro atoms. The van der Waals surface area contributed by atoms with Crippen molar-refractivity contribution >= 4 is 34.9 Å². The van der Waals surface area contributed by atoms with Crippen molar-refractivity contribution in [3.05, 3.63) is 64.1 Å². The molecule has 0 unspecified atom stereocenters. The van der Waals surface area contributed by atoms with E-state index in [0.29, 0.717) is 23.4 Å². The van der Waals surface area contributed by atoms with Crippen LogP contribution in [-0.4, -0.2) is 48.8 Å². The zero-order valence-corrected chi connectivity index (χ0v) is 17.8. The van der Waals surface area contributed by atoms with E-state index in [1.807, 2.05) is 0 Å². The molecule has 7 nitrogen and oxygen atoms in total. The summed E-state index contributed by atoms with van der Waals surface area (Å²) >= 11 is 0.659. The molecule has 12 heteroatoms. The van der Waals surface area contributed by atoms with Gasteiger partial charge in [0, 0.05) is 24.7 Å². The lowest BCUT2D eigenvalue weighted by atomic mass is 10.2. The van der Waals surface area contributed by atoms with Crippen LogP contribution in [0.3, 0.4) is 0 Å². The lowest BCUT2D eigenvalue weighted by molar-refractivity contribution is -0.122. The minimum Gasteiger partial charge on any atom is -0.493 e. The third-order valence-corrected chi connectivity index (χ3v) is 5.23. The Balaban J connectivity index is 1.64. The van der Waals surface area contributed by atoms with E-state index in [9.17, 15) is 31.9 Å². The Bertz CT molecular complexity index is 1110. The molecule has 174 valence electrons. The molecule has 1 N–H and O–H groups in total. The van der Waals surface area contributed by atoms with Crippen LogP contribution in [0.25, 0.3) is 6.08 Å². The summed E-state index contributed by atoms with van der Waals surface area (Å²) in [5, 5.41) is 1.80. The fraction of sp³-hybridized carbons (Fsp3) is 0.190. The maximum Gasteiger partial charge on any atom is 0.387 e. The number of carbonyl (C=O) groups is 3. The molecule has 3 rings (SSSR count).